The number of nitrogens with one attached hydrogen (secondary N) is 2. The summed E-state index contributed by atoms with van der Waals surface area (Å²) in [4.78, 5) is 34.9. The first-order chi connectivity index (χ1) is 14.2. The van der Waals surface area contributed by atoms with E-state index in [0.717, 1.165) is 30.3 Å². The number of hydrogen-bond donors (Lipinski definition) is 4. The average molecular weight is 471 g/mol. The maximum atomic E-state index is 12.4. The highest BCUT2D eigenvalue weighted by Gasteiger charge is 2.24. The summed E-state index contributed by atoms with van der Waals surface area (Å²) < 4.78 is 31.7. The van der Waals surface area contributed by atoms with Crippen molar-refractivity contribution in [3.8, 4) is 5.75 Å². The van der Waals surface area contributed by atoms with Crippen LogP contribution in [0.3, 0.4) is 0 Å². The van der Waals surface area contributed by atoms with Crippen LogP contribution in [0.2, 0.25) is 5.02 Å². The van der Waals surface area contributed by atoms with Crippen molar-refractivity contribution < 1.29 is 37.8 Å². The number of phenolic OH excluding ortho intramolecular Hbond substituents is 1. The van der Waals surface area contributed by atoms with Crippen molar-refractivity contribution in [3.63, 3.8) is 0 Å². The van der Waals surface area contributed by atoms with E-state index in [0.29, 0.717) is 0 Å². The molecule has 0 radical (unpaired) electrons. The summed E-state index contributed by atoms with van der Waals surface area (Å²) >= 11 is 5.78. The molecule has 31 heavy (non-hydrogen) atoms. The Morgan fingerprint density at radius 3 is 2.19 bits per heavy atom. The van der Waals surface area contributed by atoms with Gasteiger partial charge in [-0.1, -0.05) is 11.6 Å². The molecule has 0 atom stereocenters. The summed E-state index contributed by atoms with van der Waals surface area (Å²) in [7, 11) is -4.48. The molecular weight excluding hydrogens is 452 g/mol. The Kier molecular flexibility index (Phi) is 6.82. The fourth-order valence-corrected chi connectivity index (χ4v) is 3.42. The van der Waals surface area contributed by atoms with Crippen molar-refractivity contribution in [3.05, 3.63) is 52.5 Å². The van der Waals surface area contributed by atoms with Crippen molar-refractivity contribution in [1.82, 2.24) is 4.72 Å². The van der Waals surface area contributed by atoms with Gasteiger partial charge in [0.25, 0.3) is 10.0 Å². The van der Waals surface area contributed by atoms with Crippen LogP contribution in [0.1, 0.15) is 41.5 Å². The molecule has 166 valence electrons. The number of anilines is 1. The Morgan fingerprint density at radius 2 is 1.65 bits per heavy atom. The van der Waals surface area contributed by atoms with E-state index < -0.39 is 44.2 Å². The summed E-state index contributed by atoms with van der Waals surface area (Å²) in [5.41, 5.74) is -1.63. The molecular formula is C19H19ClN2O8S. The maximum absolute atomic E-state index is 12.4. The number of carboxylic acid groups (broad SMARTS) is 1. The molecule has 2 amide bonds. The number of phenols is 1. The minimum atomic E-state index is -4.48. The van der Waals surface area contributed by atoms with Gasteiger partial charge in [0.15, 0.2) is 0 Å². The molecule has 10 nitrogen and oxygen atoms in total. The summed E-state index contributed by atoms with van der Waals surface area (Å²) in [6.45, 7) is 4.87. The lowest BCUT2D eigenvalue weighted by atomic mass is 10.1. The molecule has 0 saturated carbocycles. The predicted molar refractivity (Wildman–Crippen MR) is 111 cm³/mol. The predicted octanol–water partition coefficient (Wildman–Crippen LogP) is 3.21. The van der Waals surface area contributed by atoms with Crippen molar-refractivity contribution in [2.24, 2.45) is 0 Å². The largest absolute Gasteiger partial charge is 0.507 e. The molecule has 2 aromatic carbocycles. The second kappa shape index (κ2) is 8.82. The van der Waals surface area contributed by atoms with Crippen molar-refractivity contribution in [1.29, 1.82) is 0 Å². The van der Waals surface area contributed by atoms with Gasteiger partial charge in [0.05, 0.1) is 16.1 Å². The number of esters is 1. The third-order valence-electron chi connectivity index (χ3n) is 3.59. The molecule has 0 bridgehead atoms. The van der Waals surface area contributed by atoms with Crippen molar-refractivity contribution in [2.75, 3.05) is 5.32 Å². The molecule has 0 spiro atoms. The number of urea groups is 1. The number of carboxylic acids is 1. The second-order valence-electron chi connectivity index (χ2n) is 7.24. The smallest absolute Gasteiger partial charge is 0.342 e. The Bertz CT molecular complexity index is 1160. The van der Waals surface area contributed by atoms with E-state index in [-0.39, 0.29) is 21.8 Å². The summed E-state index contributed by atoms with van der Waals surface area (Å²) in [6, 6.07) is 5.12. The Balaban J connectivity index is 2.22. The van der Waals surface area contributed by atoms with Gasteiger partial charge in [-0.2, -0.15) is 0 Å². The lowest BCUT2D eigenvalue weighted by Gasteiger charge is -2.20. The van der Waals surface area contributed by atoms with Crippen LogP contribution in [0.15, 0.2) is 41.3 Å². The highest BCUT2D eigenvalue weighted by Crippen LogP contribution is 2.25. The molecule has 0 unspecified atom stereocenters. The topological polar surface area (TPSA) is 159 Å². The van der Waals surface area contributed by atoms with Gasteiger partial charge in [0.1, 0.15) is 16.9 Å². The number of amides is 2. The quantitative estimate of drug-likeness (QED) is 0.484. The molecule has 0 fully saturated rings. The number of ether oxygens (including phenoxy) is 1. The van der Waals surface area contributed by atoms with Crippen molar-refractivity contribution >= 4 is 45.3 Å². The van der Waals surface area contributed by atoms with Gasteiger partial charge >= 0.3 is 18.0 Å². The van der Waals surface area contributed by atoms with Crippen LogP contribution in [0.25, 0.3) is 0 Å². The van der Waals surface area contributed by atoms with E-state index in [1.54, 1.807) is 25.5 Å². The number of aromatic carboxylic acids is 1. The van der Waals surface area contributed by atoms with Crippen LogP contribution in [0.5, 0.6) is 5.75 Å². The first kappa shape index (κ1) is 24.0. The zero-order chi connectivity index (χ0) is 23.6. The van der Waals surface area contributed by atoms with Crippen LogP contribution in [-0.2, 0) is 14.8 Å². The van der Waals surface area contributed by atoms with Crippen LogP contribution in [0, 0.1) is 0 Å². The van der Waals surface area contributed by atoms with E-state index in [1.807, 2.05) is 0 Å². The lowest BCUT2D eigenvalue weighted by Crippen LogP contribution is -2.34. The minimum Gasteiger partial charge on any atom is -0.507 e. The van der Waals surface area contributed by atoms with E-state index >= 15 is 0 Å². The third kappa shape index (κ3) is 6.33. The molecule has 12 heteroatoms. The van der Waals surface area contributed by atoms with Gasteiger partial charge in [0, 0.05) is 11.1 Å². The zero-order valence-corrected chi connectivity index (χ0v) is 18.2. The van der Waals surface area contributed by atoms with Gasteiger partial charge in [-0.3, -0.25) is 0 Å². The number of carbonyl (C=O) groups is 3. The molecule has 0 heterocycles. The fourth-order valence-electron chi connectivity index (χ4n) is 2.32. The minimum absolute atomic E-state index is 0.116. The normalized spacial score (nSPS) is 11.5. The van der Waals surface area contributed by atoms with E-state index in [9.17, 15) is 27.9 Å². The summed E-state index contributed by atoms with van der Waals surface area (Å²) in [5, 5.41) is 21.4. The Hall–Kier alpha value is -3.31. The molecule has 4 N–H and O–H groups in total. The lowest BCUT2D eigenvalue weighted by molar-refractivity contribution is 0.00664. The Labute approximate surface area is 182 Å². The molecule has 0 aliphatic heterocycles. The van der Waals surface area contributed by atoms with E-state index in [1.165, 1.54) is 6.07 Å². The van der Waals surface area contributed by atoms with Gasteiger partial charge in [-0.25, -0.2) is 27.5 Å². The van der Waals surface area contributed by atoms with Crippen LogP contribution in [-0.4, -0.2) is 42.2 Å². The number of rotatable bonds is 5. The van der Waals surface area contributed by atoms with Crippen LogP contribution < -0.4 is 10.0 Å². The molecule has 0 aliphatic rings. The number of benzene rings is 2. The van der Waals surface area contributed by atoms with Crippen LogP contribution in [0.4, 0.5) is 10.5 Å². The summed E-state index contributed by atoms with van der Waals surface area (Å²) in [6.07, 6.45) is 0. The number of halogens is 1. The zero-order valence-electron chi connectivity index (χ0n) is 16.6. The number of aromatic hydroxyl groups is 1. The van der Waals surface area contributed by atoms with E-state index in [2.05, 4.69) is 5.32 Å². The van der Waals surface area contributed by atoms with E-state index in [4.69, 9.17) is 21.4 Å². The Morgan fingerprint density at radius 1 is 1.03 bits per heavy atom. The van der Waals surface area contributed by atoms with Crippen LogP contribution >= 0.6 is 11.6 Å². The third-order valence-corrected chi connectivity index (χ3v) is 5.15. The molecule has 0 aromatic heterocycles. The number of hydrogen-bond acceptors (Lipinski definition) is 7. The highest BCUT2D eigenvalue weighted by atomic mass is 35.5. The van der Waals surface area contributed by atoms with Gasteiger partial charge in [-0.05, 0) is 51.1 Å². The van der Waals surface area contributed by atoms with Gasteiger partial charge < -0.3 is 20.3 Å². The van der Waals surface area contributed by atoms with Gasteiger partial charge in [0.2, 0.25) is 0 Å². The number of sulfonamides is 1. The first-order valence-electron chi connectivity index (χ1n) is 8.62. The fraction of sp³-hybridized carbons (Fsp3) is 0.211. The monoisotopic (exact) mass is 470 g/mol. The molecule has 0 aliphatic carbocycles. The summed E-state index contributed by atoms with van der Waals surface area (Å²) in [5.74, 6) is -2.89. The van der Waals surface area contributed by atoms with Crippen molar-refractivity contribution in [2.45, 2.75) is 31.3 Å². The SMILES string of the molecule is CC(C)(C)OC(=O)c1ccc(S(=O)(=O)NC(=O)Nc2cc(Cl)ccc2C(=O)O)cc1O. The molecule has 0 saturated heterocycles. The van der Waals surface area contributed by atoms with Gasteiger partial charge in [-0.15, -0.1) is 0 Å². The highest BCUT2D eigenvalue weighted by molar-refractivity contribution is 7.90. The first-order valence-corrected chi connectivity index (χ1v) is 10.5. The molecule has 2 rings (SSSR count). The number of carbonyl (C=O) groups excluding carboxylic acids is 2. The average Bonchev–Trinajstić information content (AvgIpc) is 2.59. The second-order valence-corrected chi connectivity index (χ2v) is 9.35. The standard InChI is InChI=1S/C19H19ClN2O8S/c1-19(2,3)30-17(26)13-7-5-11(9-15(13)23)31(28,29)22-18(27)21-14-8-10(20)4-6-12(14)16(24)25/h4-9,23H,1-3H3,(H,24,25)(H2,21,22,27). The maximum Gasteiger partial charge on any atom is 0.342 e. The molecule has 2 aromatic rings.